The maximum absolute atomic E-state index is 5.94. The zero-order valence-electron chi connectivity index (χ0n) is 13.6. The Morgan fingerprint density at radius 1 is 1.23 bits per heavy atom. The summed E-state index contributed by atoms with van der Waals surface area (Å²) < 4.78 is 13.2. The Morgan fingerprint density at radius 3 is 2.68 bits per heavy atom. The predicted molar refractivity (Wildman–Crippen MR) is 80.5 cm³/mol. The van der Waals surface area contributed by atoms with Gasteiger partial charge in [-0.05, 0) is 33.8 Å². The van der Waals surface area contributed by atoms with Crippen molar-refractivity contribution in [2.75, 3.05) is 19.6 Å². The van der Waals surface area contributed by atoms with E-state index < -0.39 is 0 Å². The number of hydrogen-bond acceptors (Lipinski definition) is 6. The van der Waals surface area contributed by atoms with Crippen molar-refractivity contribution in [1.82, 2.24) is 24.8 Å². The molecule has 3 rings (SSSR count). The van der Waals surface area contributed by atoms with Crippen LogP contribution < -0.4 is 0 Å². The Hall–Kier alpha value is -1.73. The van der Waals surface area contributed by atoms with Gasteiger partial charge in [0.1, 0.15) is 6.10 Å². The third-order valence-electron chi connectivity index (χ3n) is 3.89. The summed E-state index contributed by atoms with van der Waals surface area (Å²) in [5.41, 5.74) is 2.26. The zero-order chi connectivity index (χ0) is 15.7. The maximum atomic E-state index is 5.94. The third kappa shape index (κ3) is 3.36. The first-order chi connectivity index (χ1) is 10.5. The Labute approximate surface area is 130 Å². The van der Waals surface area contributed by atoms with Crippen molar-refractivity contribution in [3.63, 3.8) is 0 Å². The van der Waals surface area contributed by atoms with Gasteiger partial charge in [-0.2, -0.15) is 10.1 Å². The quantitative estimate of drug-likeness (QED) is 0.855. The molecule has 0 aromatic carbocycles. The van der Waals surface area contributed by atoms with E-state index in [0.717, 1.165) is 31.9 Å². The van der Waals surface area contributed by atoms with Gasteiger partial charge < -0.3 is 9.26 Å². The minimum absolute atomic E-state index is 0.145. The van der Waals surface area contributed by atoms with Gasteiger partial charge in [0.2, 0.25) is 0 Å². The number of ether oxygens (including phenoxy) is 1. The van der Waals surface area contributed by atoms with Crippen molar-refractivity contribution < 1.29 is 9.26 Å². The second kappa shape index (κ2) is 6.18. The normalized spacial score (nSPS) is 23.1. The smallest absolute Gasteiger partial charge is 0.257 e. The van der Waals surface area contributed by atoms with Gasteiger partial charge in [-0.15, -0.1) is 0 Å². The lowest BCUT2D eigenvalue weighted by Crippen LogP contribution is -2.44. The van der Waals surface area contributed by atoms with Crippen molar-refractivity contribution in [2.45, 2.75) is 46.4 Å². The summed E-state index contributed by atoms with van der Waals surface area (Å²) in [5, 5.41) is 8.36. The molecule has 0 unspecified atom stereocenters. The molecule has 7 nitrogen and oxygen atoms in total. The minimum Gasteiger partial charge on any atom is -0.363 e. The van der Waals surface area contributed by atoms with Crippen LogP contribution in [-0.4, -0.2) is 50.6 Å². The highest BCUT2D eigenvalue weighted by atomic mass is 16.5. The lowest BCUT2D eigenvalue weighted by atomic mass is 10.2. The van der Waals surface area contributed by atoms with Crippen molar-refractivity contribution in [3.05, 3.63) is 29.2 Å². The SMILES string of the molecule is Cc1cc(C)n(CCN2C[C@@H](C)O[C@@H](c3nc(C)no3)C2)n1. The van der Waals surface area contributed by atoms with Crippen LogP contribution in [0.25, 0.3) is 0 Å². The van der Waals surface area contributed by atoms with Gasteiger partial charge in [0.25, 0.3) is 5.89 Å². The van der Waals surface area contributed by atoms with E-state index in [1.54, 1.807) is 0 Å². The number of rotatable bonds is 4. The molecule has 2 atom stereocenters. The molecule has 22 heavy (non-hydrogen) atoms. The Kier molecular flexibility index (Phi) is 4.26. The second-order valence-corrected chi connectivity index (χ2v) is 6.02. The highest BCUT2D eigenvalue weighted by Crippen LogP contribution is 2.23. The average molecular weight is 305 g/mol. The molecule has 120 valence electrons. The Balaban J connectivity index is 1.62. The molecule has 1 fully saturated rings. The van der Waals surface area contributed by atoms with Gasteiger partial charge in [0.15, 0.2) is 5.82 Å². The van der Waals surface area contributed by atoms with Crippen LogP contribution in [0.1, 0.15) is 36.1 Å². The molecule has 2 aromatic heterocycles. The molecule has 0 amide bonds. The lowest BCUT2D eigenvalue weighted by Gasteiger charge is -2.35. The van der Waals surface area contributed by atoms with Crippen LogP contribution in [0.2, 0.25) is 0 Å². The Morgan fingerprint density at radius 2 is 2.05 bits per heavy atom. The molecule has 3 heterocycles. The molecule has 0 N–H and O–H groups in total. The van der Waals surface area contributed by atoms with E-state index in [1.165, 1.54) is 5.69 Å². The van der Waals surface area contributed by atoms with E-state index >= 15 is 0 Å². The number of aryl methyl sites for hydroxylation is 3. The predicted octanol–water partition coefficient (Wildman–Crippen LogP) is 1.65. The number of hydrogen-bond donors (Lipinski definition) is 0. The number of nitrogens with zero attached hydrogens (tertiary/aromatic N) is 5. The van der Waals surface area contributed by atoms with Crippen LogP contribution >= 0.6 is 0 Å². The Bertz CT molecular complexity index is 636. The van der Waals surface area contributed by atoms with Gasteiger partial charge in [-0.25, -0.2) is 0 Å². The zero-order valence-corrected chi connectivity index (χ0v) is 13.6. The summed E-state index contributed by atoms with van der Waals surface area (Å²) in [6, 6.07) is 2.10. The fourth-order valence-corrected chi connectivity index (χ4v) is 2.94. The van der Waals surface area contributed by atoms with Crippen LogP contribution in [0.3, 0.4) is 0 Å². The number of morpholine rings is 1. The monoisotopic (exact) mass is 305 g/mol. The van der Waals surface area contributed by atoms with E-state index in [1.807, 2.05) is 13.8 Å². The molecule has 2 aromatic rings. The molecule has 0 aliphatic carbocycles. The molecular weight excluding hydrogens is 282 g/mol. The first kappa shape index (κ1) is 15.2. The summed E-state index contributed by atoms with van der Waals surface area (Å²) >= 11 is 0. The van der Waals surface area contributed by atoms with Gasteiger partial charge in [0.05, 0.1) is 18.3 Å². The van der Waals surface area contributed by atoms with E-state index in [-0.39, 0.29) is 12.2 Å². The fourth-order valence-electron chi connectivity index (χ4n) is 2.94. The topological polar surface area (TPSA) is 69.2 Å². The van der Waals surface area contributed by atoms with Crippen molar-refractivity contribution in [1.29, 1.82) is 0 Å². The molecule has 1 aliphatic rings. The van der Waals surface area contributed by atoms with Gasteiger partial charge >= 0.3 is 0 Å². The van der Waals surface area contributed by atoms with Gasteiger partial charge in [-0.3, -0.25) is 9.58 Å². The number of aromatic nitrogens is 4. The highest BCUT2D eigenvalue weighted by molar-refractivity contribution is 5.06. The van der Waals surface area contributed by atoms with Crippen LogP contribution in [0, 0.1) is 20.8 Å². The summed E-state index contributed by atoms with van der Waals surface area (Å²) in [7, 11) is 0. The maximum Gasteiger partial charge on any atom is 0.257 e. The summed E-state index contributed by atoms with van der Waals surface area (Å²) in [5.74, 6) is 1.21. The summed E-state index contributed by atoms with van der Waals surface area (Å²) in [4.78, 5) is 6.66. The molecule has 7 heteroatoms. The fraction of sp³-hybridized carbons (Fsp3) is 0.667. The van der Waals surface area contributed by atoms with Crippen LogP contribution in [0.15, 0.2) is 10.6 Å². The average Bonchev–Trinajstić information content (AvgIpc) is 3.02. The van der Waals surface area contributed by atoms with Crippen molar-refractivity contribution in [3.8, 4) is 0 Å². The van der Waals surface area contributed by atoms with Crippen molar-refractivity contribution >= 4 is 0 Å². The van der Waals surface area contributed by atoms with Crippen LogP contribution in [0.4, 0.5) is 0 Å². The summed E-state index contributed by atoms with van der Waals surface area (Å²) in [6.45, 7) is 11.5. The van der Waals surface area contributed by atoms with Crippen molar-refractivity contribution in [2.24, 2.45) is 0 Å². The second-order valence-electron chi connectivity index (χ2n) is 6.02. The van der Waals surface area contributed by atoms with Crippen LogP contribution in [-0.2, 0) is 11.3 Å². The third-order valence-corrected chi connectivity index (χ3v) is 3.89. The molecule has 1 saturated heterocycles. The highest BCUT2D eigenvalue weighted by Gasteiger charge is 2.30. The van der Waals surface area contributed by atoms with Gasteiger partial charge in [-0.1, -0.05) is 5.16 Å². The molecule has 0 radical (unpaired) electrons. The lowest BCUT2D eigenvalue weighted by molar-refractivity contribution is -0.0914. The molecule has 1 aliphatic heterocycles. The van der Waals surface area contributed by atoms with Gasteiger partial charge in [0, 0.05) is 25.3 Å². The first-order valence-electron chi connectivity index (χ1n) is 7.70. The van der Waals surface area contributed by atoms with Crippen LogP contribution in [0.5, 0.6) is 0 Å². The molecule has 0 spiro atoms. The van der Waals surface area contributed by atoms with E-state index in [4.69, 9.17) is 9.26 Å². The van der Waals surface area contributed by atoms with E-state index in [9.17, 15) is 0 Å². The minimum atomic E-state index is -0.148. The van der Waals surface area contributed by atoms with E-state index in [2.05, 4.69) is 44.7 Å². The standard InChI is InChI=1S/C15H23N5O2/c1-10-7-11(2)20(17-10)6-5-19-8-12(3)21-14(9-19)15-16-13(4)18-22-15/h7,12,14H,5-6,8-9H2,1-4H3/t12-,14-/m1/s1. The molecule has 0 saturated carbocycles. The first-order valence-corrected chi connectivity index (χ1v) is 7.70. The van der Waals surface area contributed by atoms with E-state index in [0.29, 0.717) is 11.7 Å². The summed E-state index contributed by atoms with van der Waals surface area (Å²) in [6.07, 6.45) is -0.00295. The molecular formula is C15H23N5O2. The largest absolute Gasteiger partial charge is 0.363 e. The molecule has 0 bridgehead atoms.